The van der Waals surface area contributed by atoms with E-state index >= 15 is 0 Å². The van der Waals surface area contributed by atoms with Crippen LogP contribution in [0, 0.1) is 11.3 Å². The van der Waals surface area contributed by atoms with Gasteiger partial charge in [0.15, 0.2) is 5.75 Å². The zero-order valence-electron chi connectivity index (χ0n) is 12.1. The van der Waals surface area contributed by atoms with E-state index in [0.29, 0.717) is 38.8 Å². The summed E-state index contributed by atoms with van der Waals surface area (Å²) < 4.78 is 16.3. The Labute approximate surface area is 129 Å². The number of ether oxygens (including phenoxy) is 3. The molecule has 0 bridgehead atoms. The van der Waals surface area contributed by atoms with Crippen LogP contribution in [-0.2, 0) is 16.1 Å². The van der Waals surface area contributed by atoms with Crippen LogP contribution in [0.1, 0.15) is 11.4 Å². The highest BCUT2D eigenvalue weighted by atomic mass is 16.5. The van der Waals surface area contributed by atoms with Crippen molar-refractivity contribution in [1.29, 1.82) is 5.26 Å². The Hall–Kier alpha value is -2.49. The van der Waals surface area contributed by atoms with E-state index in [-0.39, 0.29) is 5.82 Å². The van der Waals surface area contributed by atoms with E-state index in [0.717, 1.165) is 5.56 Å². The molecule has 6 nitrogen and oxygen atoms in total. The standard InChI is InChI=1S/C16H17N3O3/c17-10-16-18-11-15(12-19-16)22-9-8-20-6-7-21-13-14-4-2-1-3-5-14/h1-5,11-12H,6-9,13H2. The van der Waals surface area contributed by atoms with Crippen molar-refractivity contribution in [1.82, 2.24) is 9.97 Å². The second-order valence-corrected chi connectivity index (χ2v) is 4.35. The van der Waals surface area contributed by atoms with E-state index < -0.39 is 0 Å². The van der Waals surface area contributed by atoms with Crippen molar-refractivity contribution in [3.63, 3.8) is 0 Å². The number of nitrogens with zero attached hydrogens (tertiary/aromatic N) is 3. The van der Waals surface area contributed by atoms with Crippen molar-refractivity contribution in [3.05, 3.63) is 54.1 Å². The van der Waals surface area contributed by atoms with Crippen molar-refractivity contribution in [2.24, 2.45) is 0 Å². The summed E-state index contributed by atoms with van der Waals surface area (Å²) in [5.74, 6) is 0.641. The molecule has 0 aliphatic rings. The minimum atomic E-state index is 0.124. The molecule has 1 aromatic carbocycles. The van der Waals surface area contributed by atoms with Crippen LogP contribution < -0.4 is 4.74 Å². The molecule has 0 fully saturated rings. The lowest BCUT2D eigenvalue weighted by atomic mass is 10.2. The van der Waals surface area contributed by atoms with Gasteiger partial charge in [-0.15, -0.1) is 0 Å². The number of rotatable bonds is 9. The minimum Gasteiger partial charge on any atom is -0.488 e. The third-order valence-corrected chi connectivity index (χ3v) is 2.71. The molecule has 0 aliphatic heterocycles. The van der Waals surface area contributed by atoms with Crippen LogP contribution in [0.2, 0.25) is 0 Å². The molecular formula is C16H17N3O3. The van der Waals surface area contributed by atoms with Crippen LogP contribution >= 0.6 is 0 Å². The summed E-state index contributed by atoms with van der Waals surface area (Å²) in [7, 11) is 0. The summed E-state index contributed by atoms with van der Waals surface area (Å²) in [5.41, 5.74) is 1.15. The third kappa shape index (κ3) is 5.87. The van der Waals surface area contributed by atoms with Crippen LogP contribution in [0.15, 0.2) is 42.7 Å². The van der Waals surface area contributed by atoms with Gasteiger partial charge in [0.2, 0.25) is 5.82 Å². The van der Waals surface area contributed by atoms with Crippen molar-refractivity contribution in [3.8, 4) is 11.8 Å². The monoisotopic (exact) mass is 299 g/mol. The quantitative estimate of drug-likeness (QED) is 0.659. The van der Waals surface area contributed by atoms with Crippen LogP contribution in [0.5, 0.6) is 5.75 Å². The maximum atomic E-state index is 8.57. The highest BCUT2D eigenvalue weighted by Gasteiger charge is 1.97. The first kappa shape index (κ1) is 15.9. The Morgan fingerprint density at radius 2 is 1.59 bits per heavy atom. The zero-order chi connectivity index (χ0) is 15.5. The van der Waals surface area contributed by atoms with Gasteiger partial charge in [0.25, 0.3) is 0 Å². The highest BCUT2D eigenvalue weighted by molar-refractivity contribution is 5.17. The molecule has 0 saturated heterocycles. The van der Waals surface area contributed by atoms with Crippen molar-refractivity contribution < 1.29 is 14.2 Å². The van der Waals surface area contributed by atoms with E-state index in [4.69, 9.17) is 19.5 Å². The second-order valence-electron chi connectivity index (χ2n) is 4.35. The molecule has 0 radical (unpaired) electrons. The molecule has 1 heterocycles. The lowest BCUT2D eigenvalue weighted by molar-refractivity contribution is 0.0303. The average Bonchev–Trinajstić information content (AvgIpc) is 2.59. The van der Waals surface area contributed by atoms with E-state index in [2.05, 4.69) is 9.97 Å². The molecule has 0 amide bonds. The van der Waals surface area contributed by atoms with Crippen molar-refractivity contribution in [2.75, 3.05) is 26.4 Å². The Morgan fingerprint density at radius 1 is 0.909 bits per heavy atom. The van der Waals surface area contributed by atoms with Crippen LogP contribution in [0.3, 0.4) is 0 Å². The van der Waals surface area contributed by atoms with E-state index in [9.17, 15) is 0 Å². The maximum Gasteiger partial charge on any atom is 0.232 e. The Morgan fingerprint density at radius 3 is 2.32 bits per heavy atom. The molecule has 0 aliphatic carbocycles. The molecule has 22 heavy (non-hydrogen) atoms. The molecule has 0 saturated carbocycles. The maximum absolute atomic E-state index is 8.57. The Kier molecular flexibility index (Phi) is 6.82. The van der Waals surface area contributed by atoms with Gasteiger partial charge in [0, 0.05) is 0 Å². The lowest BCUT2D eigenvalue weighted by Gasteiger charge is -2.07. The lowest BCUT2D eigenvalue weighted by Crippen LogP contribution is -2.11. The SMILES string of the molecule is N#Cc1ncc(OCCOCCOCc2ccccc2)cn1. The van der Waals surface area contributed by atoms with Crippen LogP contribution in [-0.4, -0.2) is 36.4 Å². The van der Waals surface area contributed by atoms with E-state index in [1.807, 2.05) is 36.4 Å². The third-order valence-electron chi connectivity index (χ3n) is 2.71. The van der Waals surface area contributed by atoms with Gasteiger partial charge in [-0.05, 0) is 5.56 Å². The molecule has 0 spiro atoms. The fourth-order valence-electron chi connectivity index (χ4n) is 1.65. The van der Waals surface area contributed by atoms with Crippen molar-refractivity contribution in [2.45, 2.75) is 6.61 Å². The summed E-state index contributed by atoms with van der Waals surface area (Å²) in [4.78, 5) is 7.61. The number of nitriles is 1. The van der Waals surface area contributed by atoms with E-state index in [1.165, 1.54) is 12.4 Å². The fourth-order valence-corrected chi connectivity index (χ4v) is 1.65. The van der Waals surface area contributed by atoms with Gasteiger partial charge in [-0.2, -0.15) is 5.26 Å². The smallest absolute Gasteiger partial charge is 0.232 e. The van der Waals surface area contributed by atoms with Gasteiger partial charge in [0.05, 0.1) is 38.8 Å². The topological polar surface area (TPSA) is 77.3 Å². The molecule has 114 valence electrons. The number of benzene rings is 1. The highest BCUT2D eigenvalue weighted by Crippen LogP contribution is 2.05. The first-order chi connectivity index (χ1) is 10.9. The number of hydrogen-bond acceptors (Lipinski definition) is 6. The summed E-state index contributed by atoms with van der Waals surface area (Å²) in [5, 5.41) is 8.57. The van der Waals surface area contributed by atoms with Crippen LogP contribution in [0.4, 0.5) is 0 Å². The second kappa shape index (κ2) is 9.45. The molecule has 2 rings (SSSR count). The van der Waals surface area contributed by atoms with Gasteiger partial charge in [-0.25, -0.2) is 9.97 Å². The predicted octanol–water partition coefficient (Wildman–Crippen LogP) is 1.96. The predicted molar refractivity (Wildman–Crippen MR) is 79.2 cm³/mol. The summed E-state index contributed by atoms with van der Waals surface area (Å²) >= 11 is 0. The summed E-state index contributed by atoms with van der Waals surface area (Å²) in [6.07, 6.45) is 2.93. The van der Waals surface area contributed by atoms with Gasteiger partial charge in [-0.3, -0.25) is 0 Å². The molecule has 2 aromatic rings. The Bertz CT molecular complexity index is 582. The van der Waals surface area contributed by atoms with Crippen molar-refractivity contribution >= 4 is 0 Å². The van der Waals surface area contributed by atoms with Gasteiger partial charge >= 0.3 is 0 Å². The number of hydrogen-bond donors (Lipinski definition) is 0. The minimum absolute atomic E-state index is 0.124. The van der Waals surface area contributed by atoms with Gasteiger partial charge in [0.1, 0.15) is 12.7 Å². The zero-order valence-corrected chi connectivity index (χ0v) is 12.1. The number of aromatic nitrogens is 2. The fraction of sp³-hybridized carbons (Fsp3) is 0.312. The largest absolute Gasteiger partial charge is 0.488 e. The average molecular weight is 299 g/mol. The molecule has 1 aromatic heterocycles. The first-order valence-corrected chi connectivity index (χ1v) is 6.93. The molecule has 0 unspecified atom stereocenters. The van der Waals surface area contributed by atoms with Crippen LogP contribution in [0.25, 0.3) is 0 Å². The molecule has 6 heteroatoms. The molecule has 0 atom stereocenters. The van der Waals surface area contributed by atoms with Gasteiger partial charge in [-0.1, -0.05) is 30.3 Å². The van der Waals surface area contributed by atoms with E-state index in [1.54, 1.807) is 0 Å². The summed E-state index contributed by atoms with van der Waals surface area (Å²) in [6.45, 7) is 2.49. The normalized spacial score (nSPS) is 10.1. The first-order valence-electron chi connectivity index (χ1n) is 6.93. The molecular weight excluding hydrogens is 282 g/mol. The molecule has 0 N–H and O–H groups in total. The van der Waals surface area contributed by atoms with Gasteiger partial charge < -0.3 is 14.2 Å². The summed E-state index contributed by atoms with van der Waals surface area (Å²) in [6, 6.07) is 11.8. The Balaban J connectivity index is 1.48.